The SMILES string of the molecule is O=C(N[C@@H]1CONC1=O)c1ccco1. The summed E-state index contributed by atoms with van der Waals surface area (Å²) in [5.74, 6) is -0.616. The van der Waals surface area contributed by atoms with Gasteiger partial charge in [-0.15, -0.1) is 0 Å². The Balaban J connectivity index is 1.98. The van der Waals surface area contributed by atoms with Gasteiger partial charge in [0.25, 0.3) is 11.8 Å². The van der Waals surface area contributed by atoms with Crippen LogP contribution in [0.25, 0.3) is 0 Å². The molecule has 0 aliphatic carbocycles. The van der Waals surface area contributed by atoms with Crippen LogP contribution in [-0.4, -0.2) is 24.5 Å². The van der Waals surface area contributed by atoms with Crippen molar-refractivity contribution in [2.24, 2.45) is 0 Å². The quantitative estimate of drug-likeness (QED) is 0.664. The Morgan fingerprint density at radius 1 is 1.64 bits per heavy atom. The summed E-state index contributed by atoms with van der Waals surface area (Å²) in [7, 11) is 0. The number of hydrogen-bond acceptors (Lipinski definition) is 4. The second-order valence-electron chi connectivity index (χ2n) is 2.78. The Labute approximate surface area is 79.2 Å². The van der Waals surface area contributed by atoms with Crippen molar-refractivity contribution >= 4 is 11.8 Å². The fraction of sp³-hybridized carbons (Fsp3) is 0.250. The van der Waals surface area contributed by atoms with Crippen LogP contribution in [0, 0.1) is 0 Å². The molecule has 0 unspecified atom stereocenters. The molecule has 1 aromatic rings. The highest BCUT2D eigenvalue weighted by Crippen LogP contribution is 2.01. The summed E-state index contributed by atoms with van der Waals surface area (Å²) in [6.45, 7) is 0.130. The van der Waals surface area contributed by atoms with Gasteiger partial charge in [-0.2, -0.15) is 0 Å². The average Bonchev–Trinajstić information content (AvgIpc) is 2.77. The predicted octanol–water partition coefficient (Wildman–Crippen LogP) is -0.561. The molecule has 0 radical (unpaired) electrons. The number of rotatable bonds is 2. The van der Waals surface area contributed by atoms with Crippen LogP contribution >= 0.6 is 0 Å². The van der Waals surface area contributed by atoms with Crippen LogP contribution in [0.2, 0.25) is 0 Å². The van der Waals surface area contributed by atoms with Crippen molar-refractivity contribution in [3.05, 3.63) is 24.2 Å². The Kier molecular flexibility index (Phi) is 2.19. The highest BCUT2D eigenvalue weighted by atomic mass is 16.7. The third kappa shape index (κ3) is 1.60. The minimum Gasteiger partial charge on any atom is -0.459 e. The number of carbonyl (C=O) groups is 2. The lowest BCUT2D eigenvalue weighted by Gasteiger charge is -2.05. The van der Waals surface area contributed by atoms with Gasteiger partial charge in [0.15, 0.2) is 5.76 Å². The van der Waals surface area contributed by atoms with E-state index in [0.717, 1.165) is 0 Å². The molecule has 2 amide bonds. The second-order valence-corrected chi connectivity index (χ2v) is 2.78. The Morgan fingerprint density at radius 2 is 2.50 bits per heavy atom. The summed E-state index contributed by atoms with van der Waals surface area (Å²) in [5.41, 5.74) is 2.14. The maximum Gasteiger partial charge on any atom is 0.287 e. The van der Waals surface area contributed by atoms with Crippen LogP contribution in [0.3, 0.4) is 0 Å². The molecule has 1 saturated heterocycles. The lowest BCUT2D eigenvalue weighted by atomic mass is 10.3. The minimum absolute atomic E-state index is 0.130. The van der Waals surface area contributed by atoms with Crippen molar-refractivity contribution in [1.82, 2.24) is 10.8 Å². The highest BCUT2D eigenvalue weighted by molar-refractivity contribution is 5.95. The summed E-state index contributed by atoms with van der Waals surface area (Å²) >= 11 is 0. The largest absolute Gasteiger partial charge is 0.459 e. The zero-order valence-electron chi connectivity index (χ0n) is 7.15. The van der Waals surface area contributed by atoms with Gasteiger partial charge >= 0.3 is 0 Å². The van der Waals surface area contributed by atoms with Crippen molar-refractivity contribution in [1.29, 1.82) is 0 Å². The Bertz CT molecular complexity index is 346. The molecule has 1 fully saturated rings. The van der Waals surface area contributed by atoms with E-state index < -0.39 is 11.9 Å². The number of furan rings is 1. The van der Waals surface area contributed by atoms with Crippen LogP contribution in [0.15, 0.2) is 22.8 Å². The molecule has 6 nitrogen and oxygen atoms in total. The van der Waals surface area contributed by atoms with Crippen molar-refractivity contribution < 1.29 is 18.8 Å². The van der Waals surface area contributed by atoms with Gasteiger partial charge in [0.1, 0.15) is 12.6 Å². The molecule has 0 saturated carbocycles. The molecule has 2 N–H and O–H groups in total. The molecule has 2 rings (SSSR count). The molecular formula is C8H8N2O4. The summed E-state index contributed by atoms with van der Waals surface area (Å²) in [5, 5.41) is 2.46. The van der Waals surface area contributed by atoms with Crippen molar-refractivity contribution in [3.63, 3.8) is 0 Å². The van der Waals surface area contributed by atoms with E-state index >= 15 is 0 Å². The van der Waals surface area contributed by atoms with E-state index in [4.69, 9.17) is 4.42 Å². The Morgan fingerprint density at radius 3 is 3.07 bits per heavy atom. The maximum absolute atomic E-state index is 11.4. The van der Waals surface area contributed by atoms with Crippen LogP contribution in [0.4, 0.5) is 0 Å². The summed E-state index contributed by atoms with van der Waals surface area (Å²) in [6.07, 6.45) is 1.39. The van der Waals surface area contributed by atoms with Gasteiger partial charge in [0, 0.05) is 0 Å². The number of hydroxylamine groups is 1. The molecule has 6 heteroatoms. The minimum atomic E-state index is -0.646. The third-order valence-electron chi connectivity index (χ3n) is 1.79. The second kappa shape index (κ2) is 3.51. The van der Waals surface area contributed by atoms with Gasteiger partial charge in [-0.1, -0.05) is 0 Å². The molecule has 74 valence electrons. The van der Waals surface area contributed by atoms with E-state index in [1.165, 1.54) is 12.3 Å². The van der Waals surface area contributed by atoms with Gasteiger partial charge in [0.2, 0.25) is 0 Å². The fourth-order valence-electron chi connectivity index (χ4n) is 1.09. The smallest absolute Gasteiger partial charge is 0.287 e. The van der Waals surface area contributed by atoms with Gasteiger partial charge in [0.05, 0.1) is 6.26 Å². The fourth-order valence-corrected chi connectivity index (χ4v) is 1.09. The maximum atomic E-state index is 11.4. The van der Waals surface area contributed by atoms with Gasteiger partial charge in [-0.05, 0) is 12.1 Å². The van der Waals surface area contributed by atoms with Crippen LogP contribution < -0.4 is 10.8 Å². The van der Waals surface area contributed by atoms with E-state index in [1.807, 2.05) is 0 Å². The summed E-state index contributed by atoms with van der Waals surface area (Å²) < 4.78 is 4.86. The molecule has 0 spiro atoms. The standard InChI is InChI=1S/C8H8N2O4/c11-7-5(4-14-10-7)9-8(12)6-2-1-3-13-6/h1-3,5H,4H2,(H,9,12)(H,10,11)/t5-/m1/s1. The number of nitrogens with one attached hydrogen (secondary N) is 2. The summed E-state index contributed by atoms with van der Waals surface area (Å²) in [4.78, 5) is 27.0. The normalized spacial score (nSPS) is 20.6. The van der Waals surface area contributed by atoms with E-state index in [9.17, 15) is 9.59 Å². The average molecular weight is 196 g/mol. The lowest BCUT2D eigenvalue weighted by molar-refractivity contribution is -0.125. The first-order valence-electron chi connectivity index (χ1n) is 4.03. The first-order valence-corrected chi connectivity index (χ1v) is 4.03. The zero-order chi connectivity index (χ0) is 9.97. The molecule has 0 aromatic carbocycles. The number of hydrogen-bond donors (Lipinski definition) is 2. The molecular weight excluding hydrogens is 188 g/mol. The molecule has 1 aliphatic heterocycles. The molecule has 0 bridgehead atoms. The van der Waals surface area contributed by atoms with Crippen molar-refractivity contribution in [3.8, 4) is 0 Å². The van der Waals surface area contributed by atoms with Crippen LogP contribution in [0.5, 0.6) is 0 Å². The molecule has 1 aromatic heterocycles. The van der Waals surface area contributed by atoms with Gasteiger partial charge < -0.3 is 9.73 Å². The van der Waals surface area contributed by atoms with Crippen molar-refractivity contribution in [2.75, 3.05) is 6.61 Å². The van der Waals surface area contributed by atoms with Crippen LogP contribution in [-0.2, 0) is 9.63 Å². The number of carbonyl (C=O) groups excluding carboxylic acids is 2. The molecule has 1 atom stereocenters. The first-order chi connectivity index (χ1) is 6.77. The van der Waals surface area contributed by atoms with Gasteiger partial charge in [-0.3, -0.25) is 14.4 Å². The van der Waals surface area contributed by atoms with E-state index in [0.29, 0.717) is 0 Å². The molecule has 1 aliphatic rings. The first kappa shape index (κ1) is 8.76. The Hall–Kier alpha value is -1.82. The third-order valence-corrected chi connectivity index (χ3v) is 1.79. The van der Waals surface area contributed by atoms with E-state index in [1.54, 1.807) is 6.07 Å². The molecule has 2 heterocycles. The van der Waals surface area contributed by atoms with Crippen LogP contribution in [0.1, 0.15) is 10.6 Å². The van der Waals surface area contributed by atoms with Gasteiger partial charge in [-0.25, -0.2) is 5.48 Å². The zero-order valence-corrected chi connectivity index (χ0v) is 7.15. The predicted molar refractivity (Wildman–Crippen MR) is 44.1 cm³/mol. The summed E-state index contributed by atoms with van der Waals surface area (Å²) in [6, 6.07) is 2.47. The lowest BCUT2D eigenvalue weighted by Crippen LogP contribution is -2.41. The van der Waals surface area contributed by atoms with E-state index in [-0.39, 0.29) is 18.3 Å². The van der Waals surface area contributed by atoms with E-state index in [2.05, 4.69) is 15.6 Å². The van der Waals surface area contributed by atoms with Crippen molar-refractivity contribution in [2.45, 2.75) is 6.04 Å². The highest BCUT2D eigenvalue weighted by Gasteiger charge is 2.27. The number of amides is 2. The molecule has 14 heavy (non-hydrogen) atoms. The monoisotopic (exact) mass is 196 g/mol. The topological polar surface area (TPSA) is 80.6 Å².